The van der Waals surface area contributed by atoms with E-state index in [1.165, 1.54) is 29.2 Å². The maximum absolute atomic E-state index is 13.7. The Bertz CT molecular complexity index is 1500. The Morgan fingerprint density at radius 3 is 2.45 bits per heavy atom. The molecule has 0 saturated carbocycles. The fourth-order valence-electron chi connectivity index (χ4n) is 4.10. The van der Waals surface area contributed by atoms with Gasteiger partial charge in [0.15, 0.2) is 16.3 Å². The number of fused-ring (bicyclic) bond motifs is 1. The molecule has 2 aromatic carbocycles. The number of nitrogens with zero attached hydrogens (tertiary/aromatic N) is 2. The average molecular weight is 537 g/mol. The first-order valence-corrected chi connectivity index (χ1v) is 13.5. The summed E-state index contributed by atoms with van der Waals surface area (Å²) >= 11 is 1.27. The Labute approximate surface area is 225 Å². The quantitative estimate of drug-likeness (QED) is 0.364. The summed E-state index contributed by atoms with van der Waals surface area (Å²) in [5.74, 6) is 1.35. The Kier molecular flexibility index (Phi) is 8.68. The van der Waals surface area contributed by atoms with E-state index < -0.39 is 12.0 Å². The van der Waals surface area contributed by atoms with Crippen molar-refractivity contribution in [3.63, 3.8) is 0 Å². The van der Waals surface area contributed by atoms with Crippen LogP contribution < -0.4 is 29.1 Å². The molecular formula is C29H32N2O6S. The third-order valence-corrected chi connectivity index (χ3v) is 7.10. The summed E-state index contributed by atoms with van der Waals surface area (Å²) in [6, 6.07) is 12.3. The summed E-state index contributed by atoms with van der Waals surface area (Å²) in [6.45, 7) is 8.79. The van der Waals surface area contributed by atoms with Gasteiger partial charge in [-0.1, -0.05) is 36.5 Å². The number of esters is 1. The van der Waals surface area contributed by atoms with Crippen molar-refractivity contribution in [1.29, 1.82) is 0 Å². The third kappa shape index (κ3) is 5.67. The van der Waals surface area contributed by atoms with Crippen LogP contribution in [0, 0.1) is 0 Å². The number of hydrogen-bond acceptors (Lipinski definition) is 8. The van der Waals surface area contributed by atoms with Crippen LogP contribution in [0.2, 0.25) is 0 Å². The van der Waals surface area contributed by atoms with Gasteiger partial charge in [-0.25, -0.2) is 9.79 Å². The molecule has 1 aliphatic rings. The molecule has 0 saturated heterocycles. The summed E-state index contributed by atoms with van der Waals surface area (Å²) in [7, 11) is 1.31. The number of aromatic nitrogens is 1. The zero-order chi connectivity index (χ0) is 27.2. The topological polar surface area (TPSA) is 88.4 Å². The van der Waals surface area contributed by atoms with Gasteiger partial charge in [0, 0.05) is 6.20 Å². The van der Waals surface area contributed by atoms with Crippen LogP contribution in [-0.4, -0.2) is 37.0 Å². The highest BCUT2D eigenvalue weighted by molar-refractivity contribution is 7.07. The summed E-state index contributed by atoms with van der Waals surface area (Å²) in [4.78, 5) is 31.4. The molecule has 1 aliphatic heterocycles. The molecule has 2 atom stereocenters. The second-order valence-electron chi connectivity index (χ2n) is 8.65. The van der Waals surface area contributed by atoms with Crippen LogP contribution in [-0.2, 0) is 9.53 Å². The van der Waals surface area contributed by atoms with E-state index in [2.05, 4.69) is 11.9 Å². The molecule has 0 amide bonds. The van der Waals surface area contributed by atoms with Crippen LogP contribution in [0.5, 0.6) is 17.2 Å². The molecule has 0 spiro atoms. The fraction of sp³-hybridized carbons (Fsp3) is 0.345. The van der Waals surface area contributed by atoms with Crippen LogP contribution >= 0.6 is 11.3 Å². The van der Waals surface area contributed by atoms with Crippen molar-refractivity contribution in [2.45, 2.75) is 46.3 Å². The van der Waals surface area contributed by atoms with E-state index in [9.17, 15) is 9.59 Å². The normalized spacial score (nSPS) is 15.7. The molecule has 0 unspecified atom stereocenters. The number of hydrogen-bond donors (Lipinski definition) is 0. The first-order chi connectivity index (χ1) is 18.4. The second-order valence-corrected chi connectivity index (χ2v) is 9.66. The largest absolute Gasteiger partial charge is 0.491 e. The molecule has 8 nitrogen and oxygen atoms in total. The predicted octanol–water partition coefficient (Wildman–Crippen LogP) is 3.99. The van der Waals surface area contributed by atoms with Crippen LogP contribution in [0.4, 0.5) is 0 Å². The lowest BCUT2D eigenvalue weighted by molar-refractivity contribution is -0.136. The Morgan fingerprint density at radius 2 is 1.79 bits per heavy atom. The lowest BCUT2D eigenvalue weighted by Crippen LogP contribution is -2.39. The molecule has 0 bridgehead atoms. The van der Waals surface area contributed by atoms with Crippen molar-refractivity contribution in [3.05, 3.63) is 85.1 Å². The van der Waals surface area contributed by atoms with E-state index >= 15 is 0 Å². The first kappa shape index (κ1) is 27.2. The van der Waals surface area contributed by atoms with Gasteiger partial charge in [-0.2, -0.15) is 0 Å². The SMILES string of the molecule is CCOc1ccc([C@H]2C(C(=O)OC)=CN=c3s/c(=C\c4ccc(O[C@H](C)CC)cc4)c(=O)n32)cc1OCC. The third-order valence-electron chi connectivity index (χ3n) is 6.10. The van der Waals surface area contributed by atoms with Gasteiger partial charge in [-0.15, -0.1) is 0 Å². The van der Waals surface area contributed by atoms with E-state index in [0.717, 1.165) is 17.7 Å². The Hall–Kier alpha value is -3.85. The zero-order valence-electron chi connectivity index (χ0n) is 22.2. The van der Waals surface area contributed by atoms with E-state index in [1.807, 2.05) is 57.2 Å². The summed E-state index contributed by atoms with van der Waals surface area (Å²) < 4.78 is 24.4. The number of benzene rings is 2. The number of methoxy groups -OCH3 is 1. The van der Waals surface area contributed by atoms with E-state index in [1.54, 1.807) is 12.1 Å². The highest BCUT2D eigenvalue weighted by atomic mass is 32.1. The van der Waals surface area contributed by atoms with Crippen molar-refractivity contribution in [3.8, 4) is 17.2 Å². The van der Waals surface area contributed by atoms with Crippen molar-refractivity contribution < 1.29 is 23.7 Å². The van der Waals surface area contributed by atoms with Gasteiger partial charge in [0.05, 0.1) is 42.6 Å². The highest BCUT2D eigenvalue weighted by Gasteiger charge is 2.31. The van der Waals surface area contributed by atoms with Gasteiger partial charge in [-0.05, 0) is 68.7 Å². The molecule has 38 heavy (non-hydrogen) atoms. The molecule has 0 fully saturated rings. The predicted molar refractivity (Wildman–Crippen MR) is 147 cm³/mol. The second kappa shape index (κ2) is 12.1. The molecular weight excluding hydrogens is 504 g/mol. The number of rotatable bonds is 10. The van der Waals surface area contributed by atoms with Gasteiger partial charge in [-0.3, -0.25) is 9.36 Å². The standard InChI is InChI=1S/C29H32N2O6S/c1-6-18(4)37-21-12-9-19(10-13-21)15-25-27(32)31-26(22(28(33)34-5)17-30-29(31)38-25)20-11-14-23(35-7-2)24(16-20)36-8-3/h9-18,26H,6-8H2,1-5H3/b25-15-/t18-,26+/m1/s1. The van der Waals surface area contributed by atoms with Gasteiger partial charge in [0.2, 0.25) is 0 Å². The Balaban J connectivity index is 1.80. The first-order valence-electron chi connectivity index (χ1n) is 12.7. The molecule has 4 rings (SSSR count). The fourth-order valence-corrected chi connectivity index (χ4v) is 5.07. The minimum atomic E-state index is -0.734. The molecule has 0 aliphatic carbocycles. The van der Waals surface area contributed by atoms with E-state index in [4.69, 9.17) is 18.9 Å². The smallest absolute Gasteiger partial charge is 0.337 e. The van der Waals surface area contributed by atoms with Crippen molar-refractivity contribution >= 4 is 23.4 Å². The van der Waals surface area contributed by atoms with Crippen molar-refractivity contribution in [2.75, 3.05) is 20.3 Å². The zero-order valence-corrected chi connectivity index (χ0v) is 23.0. The van der Waals surface area contributed by atoms with Gasteiger partial charge in [0.1, 0.15) is 5.75 Å². The maximum atomic E-state index is 13.7. The average Bonchev–Trinajstić information content (AvgIpc) is 3.24. The lowest BCUT2D eigenvalue weighted by atomic mass is 9.97. The van der Waals surface area contributed by atoms with Crippen LogP contribution in [0.25, 0.3) is 6.08 Å². The molecule has 3 aromatic rings. The molecule has 9 heteroatoms. The van der Waals surface area contributed by atoms with Crippen molar-refractivity contribution in [2.24, 2.45) is 4.99 Å². The molecule has 0 radical (unpaired) electrons. The highest BCUT2D eigenvalue weighted by Crippen LogP contribution is 2.35. The number of carbonyl (C=O) groups excluding carboxylic acids is 1. The van der Waals surface area contributed by atoms with Crippen LogP contribution in [0.1, 0.15) is 51.3 Å². The molecule has 2 heterocycles. The summed E-state index contributed by atoms with van der Waals surface area (Å²) in [5, 5.41) is 0. The summed E-state index contributed by atoms with van der Waals surface area (Å²) in [6.07, 6.45) is 4.33. The van der Waals surface area contributed by atoms with Gasteiger partial charge in [0.25, 0.3) is 5.56 Å². The molecule has 0 N–H and O–H groups in total. The van der Waals surface area contributed by atoms with E-state index in [0.29, 0.717) is 39.6 Å². The minimum absolute atomic E-state index is 0.124. The number of carbonyl (C=O) groups is 1. The van der Waals surface area contributed by atoms with Crippen LogP contribution in [0.15, 0.2) is 64.0 Å². The van der Waals surface area contributed by atoms with Gasteiger partial charge < -0.3 is 18.9 Å². The lowest BCUT2D eigenvalue weighted by Gasteiger charge is -2.23. The molecule has 1 aromatic heterocycles. The van der Waals surface area contributed by atoms with Crippen LogP contribution in [0.3, 0.4) is 0 Å². The molecule has 200 valence electrons. The van der Waals surface area contributed by atoms with Gasteiger partial charge >= 0.3 is 5.97 Å². The summed E-state index contributed by atoms with van der Waals surface area (Å²) in [5.41, 5.74) is 1.54. The van der Waals surface area contributed by atoms with E-state index in [-0.39, 0.29) is 17.2 Å². The monoisotopic (exact) mass is 536 g/mol. The van der Waals surface area contributed by atoms with Crippen molar-refractivity contribution in [1.82, 2.24) is 4.57 Å². The number of ether oxygens (including phenoxy) is 4. The minimum Gasteiger partial charge on any atom is -0.491 e. The number of thiazole rings is 1. The maximum Gasteiger partial charge on any atom is 0.337 e. The Morgan fingerprint density at radius 1 is 1.08 bits per heavy atom.